The number of nitro benzene ring substituents is 1. The van der Waals surface area contributed by atoms with Gasteiger partial charge in [0.15, 0.2) is 6.61 Å². The quantitative estimate of drug-likeness (QED) is 0.127. The third-order valence-electron chi connectivity index (χ3n) is 9.86. The van der Waals surface area contributed by atoms with Gasteiger partial charge in [-0.15, -0.1) is 11.8 Å². The van der Waals surface area contributed by atoms with E-state index < -0.39 is 16.8 Å². The van der Waals surface area contributed by atoms with Crippen LogP contribution in [-0.2, 0) is 14.4 Å². The summed E-state index contributed by atoms with van der Waals surface area (Å²) in [5.74, 6) is -1.76. The van der Waals surface area contributed by atoms with Gasteiger partial charge in [-0.05, 0) is 72.2 Å². The number of carbonyl (C=O) groups excluding carboxylic acids is 3. The molecule has 4 unspecified atom stereocenters. The van der Waals surface area contributed by atoms with E-state index in [0.29, 0.717) is 27.2 Å². The normalized spacial score (nSPS) is 26.6. The van der Waals surface area contributed by atoms with Crippen molar-refractivity contribution in [3.63, 3.8) is 0 Å². The van der Waals surface area contributed by atoms with Gasteiger partial charge in [-0.25, -0.2) is 0 Å². The number of non-ortho nitro benzene ring substituents is 1. The number of hydrogen-bond acceptors (Lipinski definition) is 9. The number of carbonyl (C=O) groups is 3. The van der Waals surface area contributed by atoms with Crippen LogP contribution in [0.4, 0.5) is 17.1 Å². The number of rotatable bonds is 7. The van der Waals surface area contributed by atoms with E-state index in [0.717, 1.165) is 21.9 Å². The van der Waals surface area contributed by atoms with Crippen LogP contribution in [0.5, 0.6) is 5.75 Å². The van der Waals surface area contributed by atoms with Crippen LogP contribution < -0.4 is 19.8 Å². The fraction of sp³-hybridized carbons (Fsp3) is 0.273. The van der Waals surface area contributed by atoms with E-state index >= 15 is 0 Å². The molecule has 2 saturated carbocycles. The summed E-state index contributed by atoms with van der Waals surface area (Å²) in [6.07, 6.45) is 0.730. The molecule has 3 amide bonds. The van der Waals surface area contributed by atoms with Crippen molar-refractivity contribution in [2.24, 2.45) is 29.6 Å². The van der Waals surface area contributed by atoms with Crippen LogP contribution in [0.1, 0.15) is 22.8 Å². The zero-order chi connectivity index (χ0) is 33.4. The van der Waals surface area contributed by atoms with Gasteiger partial charge in [0.25, 0.3) is 11.6 Å². The van der Waals surface area contributed by atoms with E-state index in [1.54, 1.807) is 42.1 Å². The molecular weight excluding hydrogens is 699 g/mol. The molecule has 0 radical (unpaired) electrons. The Morgan fingerprint density at radius 1 is 0.979 bits per heavy atom. The molecule has 11 nitrogen and oxygen atoms in total. The van der Waals surface area contributed by atoms with Gasteiger partial charge in [-0.3, -0.25) is 34.2 Å². The number of hydrogen-bond donors (Lipinski definition) is 2. The van der Waals surface area contributed by atoms with Crippen molar-refractivity contribution < 1.29 is 24.0 Å². The lowest BCUT2D eigenvalue weighted by Gasteiger charge is -2.43. The molecule has 7 atom stereocenters. The van der Waals surface area contributed by atoms with Crippen molar-refractivity contribution in [1.82, 2.24) is 4.98 Å². The number of H-pyrrole nitrogens is 1. The number of ether oxygens (including phenoxy) is 1. The van der Waals surface area contributed by atoms with Crippen LogP contribution in [0.3, 0.4) is 0 Å². The first-order valence-electron chi connectivity index (χ1n) is 15.1. The molecule has 3 fully saturated rings. The number of halogens is 2. The zero-order valence-electron chi connectivity index (χ0n) is 24.6. The van der Waals surface area contributed by atoms with Gasteiger partial charge in [-0.2, -0.15) is 0 Å². The average Bonchev–Trinajstić information content (AvgIpc) is 3.81. The molecule has 4 aromatic rings. The van der Waals surface area contributed by atoms with Gasteiger partial charge in [-0.1, -0.05) is 46.7 Å². The third kappa shape index (κ3) is 5.02. The zero-order valence-corrected chi connectivity index (χ0v) is 27.8. The van der Waals surface area contributed by atoms with Crippen molar-refractivity contribution in [1.29, 1.82) is 0 Å². The van der Waals surface area contributed by atoms with E-state index in [-0.39, 0.29) is 63.8 Å². The molecule has 3 aromatic carbocycles. The highest BCUT2D eigenvalue weighted by atomic mass is 35.5. The molecule has 2 bridgehead atoms. The van der Waals surface area contributed by atoms with Crippen molar-refractivity contribution >= 4 is 81.1 Å². The van der Waals surface area contributed by atoms with Crippen molar-refractivity contribution in [2.75, 3.05) is 16.8 Å². The number of imide groups is 1. The van der Waals surface area contributed by atoms with Crippen LogP contribution >= 0.6 is 46.3 Å². The van der Waals surface area contributed by atoms with Gasteiger partial charge in [0.05, 0.1) is 37.5 Å². The lowest BCUT2D eigenvalue weighted by molar-refractivity contribution is -0.384. The fourth-order valence-corrected chi connectivity index (χ4v) is 11.2. The molecule has 2 aliphatic carbocycles. The summed E-state index contributed by atoms with van der Waals surface area (Å²) in [5.41, 5.74) is 1.65. The minimum Gasteiger partial charge on any atom is -0.484 e. The van der Waals surface area contributed by atoms with Crippen molar-refractivity contribution in [2.45, 2.75) is 22.6 Å². The Labute approximate surface area is 290 Å². The van der Waals surface area contributed by atoms with Crippen LogP contribution in [0.15, 0.2) is 76.6 Å². The number of nitro groups is 1. The molecule has 2 N–H and O–H groups in total. The maximum absolute atomic E-state index is 13.9. The van der Waals surface area contributed by atoms with Crippen LogP contribution in [0.2, 0.25) is 10.0 Å². The predicted octanol–water partition coefficient (Wildman–Crippen LogP) is 6.35. The van der Waals surface area contributed by atoms with Gasteiger partial charge in [0.2, 0.25) is 11.8 Å². The topological polar surface area (TPSA) is 152 Å². The Balaban J connectivity index is 1.04. The number of benzene rings is 3. The molecule has 3 heterocycles. The minimum atomic E-state index is -0.521. The minimum absolute atomic E-state index is 0.00231. The van der Waals surface area contributed by atoms with Crippen molar-refractivity contribution in [3.05, 3.63) is 107 Å². The van der Waals surface area contributed by atoms with E-state index in [1.165, 1.54) is 40.5 Å². The first-order valence-corrected chi connectivity index (χ1v) is 17.5. The Kier molecular flexibility index (Phi) is 7.62. The lowest BCUT2D eigenvalue weighted by Crippen LogP contribution is -2.42. The number of amides is 3. The van der Waals surface area contributed by atoms with Crippen LogP contribution in [0.25, 0.3) is 0 Å². The molecule has 2 aliphatic heterocycles. The fourth-order valence-electron chi connectivity index (χ4n) is 8.06. The smallest absolute Gasteiger partial charge is 0.305 e. The monoisotopic (exact) mass is 722 g/mol. The largest absolute Gasteiger partial charge is 0.484 e. The maximum atomic E-state index is 13.9. The van der Waals surface area contributed by atoms with E-state index in [9.17, 15) is 29.3 Å². The number of nitrogens with zero attached hydrogens (tertiary/aromatic N) is 2. The summed E-state index contributed by atoms with van der Waals surface area (Å²) in [7, 11) is 0. The summed E-state index contributed by atoms with van der Waals surface area (Å²) in [5, 5.41) is 15.4. The Hall–Kier alpha value is -4.17. The number of thiazole rings is 1. The molecular formula is C33H24Cl2N4O7S2. The first-order chi connectivity index (χ1) is 23.1. The molecule has 48 heavy (non-hydrogen) atoms. The molecule has 4 aliphatic rings. The number of fused-ring (bicyclic) bond motifs is 9. The third-order valence-corrected chi connectivity index (χ3v) is 13.2. The summed E-state index contributed by atoms with van der Waals surface area (Å²) >= 11 is 14.7. The predicted molar refractivity (Wildman–Crippen MR) is 181 cm³/mol. The standard InChI is InChI=1S/C33H24Cl2N4O7S2/c34-21-10-3-15(11-22(21)35)36-23(40)13-46-18-8-1-14(2-9-18)24-25-19-12-20(28(25)47-30-29(24)48-33(43)37-30)27-26(19)31(41)38(32(27)42)16-4-6-17(7-5-16)39(44)45/h1-11,19-20,24-28H,12-13H2,(H,36,40)(H,37,43)/t19-,20-,24-,25?,26?,27?,28?/m1/s1. The highest BCUT2D eigenvalue weighted by Crippen LogP contribution is 2.68. The Morgan fingerprint density at radius 3 is 2.38 bits per heavy atom. The Morgan fingerprint density at radius 2 is 1.69 bits per heavy atom. The molecule has 1 saturated heterocycles. The number of thioether (sulfide) groups is 1. The highest BCUT2D eigenvalue weighted by Gasteiger charge is 2.69. The highest BCUT2D eigenvalue weighted by molar-refractivity contribution is 8.00. The van der Waals surface area contributed by atoms with Crippen LogP contribution in [-0.4, -0.2) is 39.5 Å². The number of aromatic nitrogens is 1. The average molecular weight is 724 g/mol. The van der Waals surface area contributed by atoms with Gasteiger partial charge < -0.3 is 15.0 Å². The van der Waals surface area contributed by atoms with Gasteiger partial charge in [0.1, 0.15) is 5.75 Å². The summed E-state index contributed by atoms with van der Waals surface area (Å²) in [6.45, 7) is -0.234. The number of aromatic amines is 1. The summed E-state index contributed by atoms with van der Waals surface area (Å²) in [4.78, 5) is 68.4. The van der Waals surface area contributed by atoms with Gasteiger partial charge in [0, 0.05) is 33.9 Å². The number of nitrogens with one attached hydrogen (secondary N) is 2. The first kappa shape index (κ1) is 31.1. The molecule has 1 aromatic heterocycles. The Bertz CT molecular complexity index is 2070. The second kappa shape index (κ2) is 11.8. The maximum Gasteiger partial charge on any atom is 0.305 e. The lowest BCUT2D eigenvalue weighted by atomic mass is 9.68. The summed E-state index contributed by atoms with van der Waals surface area (Å²) in [6, 6.07) is 17.7. The molecule has 0 spiro atoms. The van der Waals surface area contributed by atoms with Crippen molar-refractivity contribution in [3.8, 4) is 5.75 Å². The van der Waals surface area contributed by atoms with E-state index in [2.05, 4.69) is 10.3 Å². The van der Waals surface area contributed by atoms with E-state index in [1.807, 2.05) is 12.1 Å². The van der Waals surface area contributed by atoms with Crippen LogP contribution in [0, 0.1) is 39.7 Å². The second-order valence-corrected chi connectivity index (χ2v) is 15.3. The second-order valence-electron chi connectivity index (χ2n) is 12.3. The number of anilines is 2. The van der Waals surface area contributed by atoms with Gasteiger partial charge >= 0.3 is 4.87 Å². The molecule has 8 rings (SSSR count). The van der Waals surface area contributed by atoms with E-state index in [4.69, 9.17) is 27.9 Å². The molecule has 244 valence electrons. The molecule has 15 heteroatoms. The SMILES string of the molecule is O=C(COc1ccc([C@H]2c3sc(=O)[nH]c3SC3C2[C@H]2C[C@@H]3C3C(=O)N(c4ccc([N+](=O)[O-])cc4)C(=O)C32)cc1)Nc1ccc(Cl)c(Cl)c1. The summed E-state index contributed by atoms with van der Waals surface area (Å²) < 4.78 is 5.75.